The molecule has 1 aliphatic heterocycles. The van der Waals surface area contributed by atoms with Crippen molar-refractivity contribution in [2.45, 2.75) is 75.6 Å². The summed E-state index contributed by atoms with van der Waals surface area (Å²) < 4.78 is 0. The molecule has 0 radical (unpaired) electrons. The van der Waals surface area contributed by atoms with Crippen LogP contribution in [0.4, 0.5) is 0 Å². The van der Waals surface area contributed by atoms with E-state index >= 15 is 0 Å². The fraction of sp³-hybridized carbons (Fsp3) is 1.00. The van der Waals surface area contributed by atoms with Gasteiger partial charge in [-0.25, -0.2) is 0 Å². The fourth-order valence-corrected chi connectivity index (χ4v) is 4.68. The van der Waals surface area contributed by atoms with Crippen molar-refractivity contribution in [2.24, 2.45) is 0 Å². The first-order chi connectivity index (χ1) is 9.27. The van der Waals surface area contributed by atoms with Crippen molar-refractivity contribution in [1.82, 2.24) is 10.2 Å². The van der Waals surface area contributed by atoms with Gasteiger partial charge in [-0.15, -0.1) is 0 Å². The van der Waals surface area contributed by atoms with E-state index in [0.717, 1.165) is 17.3 Å². The van der Waals surface area contributed by atoms with Gasteiger partial charge in [0.25, 0.3) is 0 Å². The van der Waals surface area contributed by atoms with Crippen LogP contribution in [0.5, 0.6) is 0 Å². The zero-order valence-electron chi connectivity index (χ0n) is 12.9. The summed E-state index contributed by atoms with van der Waals surface area (Å²) in [5.74, 6) is 1.36. The molecule has 0 amide bonds. The third-order valence-electron chi connectivity index (χ3n) is 4.90. The second-order valence-electron chi connectivity index (χ2n) is 6.40. The predicted molar refractivity (Wildman–Crippen MR) is 87.1 cm³/mol. The van der Waals surface area contributed by atoms with Crippen molar-refractivity contribution >= 4 is 11.8 Å². The summed E-state index contributed by atoms with van der Waals surface area (Å²) in [5.41, 5.74) is 0. The summed E-state index contributed by atoms with van der Waals surface area (Å²) in [4.78, 5) is 2.61. The van der Waals surface area contributed by atoms with E-state index in [1.807, 2.05) is 0 Å². The predicted octanol–water partition coefficient (Wildman–Crippen LogP) is 3.51. The van der Waals surface area contributed by atoms with Crippen molar-refractivity contribution in [3.05, 3.63) is 0 Å². The molecule has 2 rings (SSSR count). The van der Waals surface area contributed by atoms with E-state index in [2.05, 4.69) is 35.9 Å². The van der Waals surface area contributed by atoms with Gasteiger partial charge in [0, 0.05) is 17.3 Å². The Bertz CT molecular complexity index is 241. The number of rotatable bonds is 6. The maximum absolute atomic E-state index is 3.78. The van der Waals surface area contributed by atoms with Gasteiger partial charge in [-0.3, -0.25) is 0 Å². The van der Waals surface area contributed by atoms with Crippen LogP contribution in [0.2, 0.25) is 0 Å². The molecule has 0 aromatic heterocycles. The highest BCUT2D eigenvalue weighted by atomic mass is 32.2. The largest absolute Gasteiger partial charge is 0.313 e. The average molecular weight is 285 g/mol. The molecule has 0 bridgehead atoms. The summed E-state index contributed by atoms with van der Waals surface area (Å²) >= 11 is 2.14. The van der Waals surface area contributed by atoms with Crippen molar-refractivity contribution in [3.8, 4) is 0 Å². The second kappa shape index (κ2) is 8.53. The lowest BCUT2D eigenvalue weighted by molar-refractivity contribution is 0.189. The quantitative estimate of drug-likeness (QED) is 0.751. The topological polar surface area (TPSA) is 15.3 Å². The van der Waals surface area contributed by atoms with Crippen molar-refractivity contribution in [1.29, 1.82) is 0 Å². The average Bonchev–Trinajstić information content (AvgIpc) is 2.46. The first kappa shape index (κ1) is 15.7. The van der Waals surface area contributed by atoms with Gasteiger partial charge < -0.3 is 10.2 Å². The van der Waals surface area contributed by atoms with Gasteiger partial charge in [-0.05, 0) is 58.0 Å². The van der Waals surface area contributed by atoms with E-state index in [1.54, 1.807) is 0 Å². The van der Waals surface area contributed by atoms with Gasteiger partial charge in [0.05, 0.1) is 0 Å². The van der Waals surface area contributed by atoms with Crippen molar-refractivity contribution in [2.75, 3.05) is 25.9 Å². The molecule has 1 aliphatic carbocycles. The highest BCUT2D eigenvalue weighted by Crippen LogP contribution is 2.25. The van der Waals surface area contributed by atoms with Crippen LogP contribution >= 0.6 is 11.8 Å². The summed E-state index contributed by atoms with van der Waals surface area (Å²) in [6.45, 7) is 4.86. The van der Waals surface area contributed by atoms with E-state index in [9.17, 15) is 0 Å². The molecule has 1 N–H and O–H groups in total. The first-order valence-electron chi connectivity index (χ1n) is 8.32. The van der Waals surface area contributed by atoms with Gasteiger partial charge in [-0.2, -0.15) is 11.8 Å². The molecule has 1 saturated carbocycles. The lowest BCUT2D eigenvalue weighted by Crippen LogP contribution is -2.41. The van der Waals surface area contributed by atoms with Gasteiger partial charge in [0.15, 0.2) is 0 Å². The van der Waals surface area contributed by atoms with Crippen molar-refractivity contribution in [3.63, 3.8) is 0 Å². The van der Waals surface area contributed by atoms with Crippen LogP contribution in [0, 0.1) is 0 Å². The molecule has 1 heterocycles. The number of nitrogens with zero attached hydrogens (tertiary/aromatic N) is 1. The highest BCUT2D eigenvalue weighted by Gasteiger charge is 2.21. The minimum Gasteiger partial charge on any atom is -0.313 e. The molecule has 0 aromatic rings. The van der Waals surface area contributed by atoms with Crippen LogP contribution in [0.15, 0.2) is 0 Å². The molecular formula is C16H32N2S. The van der Waals surface area contributed by atoms with E-state index in [-0.39, 0.29) is 0 Å². The van der Waals surface area contributed by atoms with Gasteiger partial charge in [-0.1, -0.05) is 26.2 Å². The van der Waals surface area contributed by atoms with Crippen LogP contribution in [-0.2, 0) is 0 Å². The highest BCUT2D eigenvalue weighted by molar-refractivity contribution is 7.99. The van der Waals surface area contributed by atoms with Gasteiger partial charge in [0.1, 0.15) is 0 Å². The Morgan fingerprint density at radius 1 is 1.11 bits per heavy atom. The molecule has 1 saturated heterocycles. The summed E-state index contributed by atoms with van der Waals surface area (Å²) in [5, 5.41) is 4.59. The van der Waals surface area contributed by atoms with Gasteiger partial charge in [0.2, 0.25) is 0 Å². The Labute approximate surface area is 124 Å². The van der Waals surface area contributed by atoms with Crippen LogP contribution in [0.25, 0.3) is 0 Å². The zero-order valence-corrected chi connectivity index (χ0v) is 13.7. The summed E-state index contributed by atoms with van der Waals surface area (Å²) in [6.07, 6.45) is 11.3. The van der Waals surface area contributed by atoms with Crippen LogP contribution in [0.3, 0.4) is 0 Å². The lowest BCUT2D eigenvalue weighted by Gasteiger charge is -2.32. The Morgan fingerprint density at radius 2 is 1.89 bits per heavy atom. The lowest BCUT2D eigenvalue weighted by atomic mass is 9.94. The molecule has 0 spiro atoms. The standard InChI is InChI=1S/C16H32N2S/c1-14-16(10-6-13-19-14)17-11-7-12-18(2)15-8-4-3-5-9-15/h14-17H,3-13H2,1-2H3. The molecule has 3 heteroatoms. The number of nitrogens with one attached hydrogen (secondary N) is 1. The third-order valence-corrected chi connectivity index (χ3v) is 6.28. The Hall–Kier alpha value is 0.270. The minimum atomic E-state index is 0.763. The molecule has 2 fully saturated rings. The molecule has 2 atom stereocenters. The number of thioether (sulfide) groups is 1. The Kier molecular flexibility index (Phi) is 7.03. The van der Waals surface area contributed by atoms with Crippen LogP contribution < -0.4 is 5.32 Å². The fourth-order valence-electron chi connectivity index (χ4n) is 3.51. The molecular weight excluding hydrogens is 252 g/mol. The second-order valence-corrected chi connectivity index (χ2v) is 7.89. The maximum Gasteiger partial charge on any atom is 0.0184 e. The molecule has 0 aromatic carbocycles. The van der Waals surface area contributed by atoms with E-state index in [4.69, 9.17) is 0 Å². The molecule has 2 nitrogen and oxygen atoms in total. The van der Waals surface area contributed by atoms with Crippen LogP contribution in [0.1, 0.15) is 58.3 Å². The van der Waals surface area contributed by atoms with E-state index in [1.165, 1.54) is 70.2 Å². The first-order valence-corrected chi connectivity index (χ1v) is 9.37. The van der Waals surface area contributed by atoms with E-state index in [0.29, 0.717) is 0 Å². The monoisotopic (exact) mass is 284 g/mol. The zero-order chi connectivity index (χ0) is 13.5. The van der Waals surface area contributed by atoms with Crippen LogP contribution in [-0.4, -0.2) is 48.1 Å². The molecule has 112 valence electrons. The van der Waals surface area contributed by atoms with Crippen molar-refractivity contribution < 1.29 is 0 Å². The number of hydrogen-bond acceptors (Lipinski definition) is 3. The maximum atomic E-state index is 3.78. The molecule has 19 heavy (non-hydrogen) atoms. The summed E-state index contributed by atoms with van der Waals surface area (Å²) in [6, 6.07) is 1.64. The van der Waals surface area contributed by atoms with Gasteiger partial charge >= 0.3 is 0 Å². The molecule has 2 unspecified atom stereocenters. The SMILES string of the molecule is CC1SCCCC1NCCCN(C)C1CCCCC1. The minimum absolute atomic E-state index is 0.763. The third kappa shape index (κ3) is 5.28. The van der Waals surface area contributed by atoms with E-state index < -0.39 is 0 Å². The number of hydrogen-bond donors (Lipinski definition) is 1. The molecule has 2 aliphatic rings. The Balaban J connectivity index is 1.55. The smallest absolute Gasteiger partial charge is 0.0184 e. The Morgan fingerprint density at radius 3 is 2.63 bits per heavy atom. The normalized spacial score (nSPS) is 29.8. The summed E-state index contributed by atoms with van der Waals surface area (Å²) in [7, 11) is 2.33.